The van der Waals surface area contributed by atoms with E-state index in [0.29, 0.717) is 13.2 Å². The van der Waals surface area contributed by atoms with Crippen molar-refractivity contribution >= 4 is 17.8 Å². The lowest BCUT2D eigenvalue weighted by atomic mass is 10.3. The molecule has 0 bridgehead atoms. The van der Waals surface area contributed by atoms with Gasteiger partial charge in [-0.1, -0.05) is 0 Å². The quantitative estimate of drug-likeness (QED) is 0.636. The van der Waals surface area contributed by atoms with Crippen molar-refractivity contribution < 1.29 is 19.1 Å². The number of nitrogens with one attached hydrogen (secondary N) is 1. The van der Waals surface area contributed by atoms with Crippen LogP contribution < -0.4 is 5.32 Å². The average molecular weight is 244 g/mol. The van der Waals surface area contributed by atoms with Gasteiger partial charge in [-0.05, 0) is 13.8 Å². The van der Waals surface area contributed by atoms with Crippen LogP contribution >= 0.6 is 0 Å². The predicted molar refractivity (Wildman–Crippen MR) is 62.2 cm³/mol. The van der Waals surface area contributed by atoms with E-state index in [4.69, 9.17) is 4.74 Å². The molecule has 0 saturated carbocycles. The van der Waals surface area contributed by atoms with E-state index >= 15 is 0 Å². The van der Waals surface area contributed by atoms with E-state index in [0.717, 1.165) is 0 Å². The van der Waals surface area contributed by atoms with Crippen molar-refractivity contribution in [1.82, 2.24) is 10.2 Å². The lowest BCUT2D eigenvalue weighted by Gasteiger charge is -2.16. The molecule has 0 aliphatic rings. The fourth-order valence-corrected chi connectivity index (χ4v) is 1.19. The molecule has 0 heterocycles. The van der Waals surface area contributed by atoms with Crippen LogP contribution in [0.4, 0.5) is 0 Å². The van der Waals surface area contributed by atoms with Crippen molar-refractivity contribution in [2.24, 2.45) is 0 Å². The maximum atomic E-state index is 11.5. The van der Waals surface area contributed by atoms with Crippen LogP contribution in [0.5, 0.6) is 0 Å². The third kappa shape index (κ3) is 7.32. The van der Waals surface area contributed by atoms with Crippen LogP contribution in [0.3, 0.4) is 0 Å². The Morgan fingerprint density at radius 2 is 1.82 bits per heavy atom. The van der Waals surface area contributed by atoms with Gasteiger partial charge in [-0.25, -0.2) is 0 Å². The average Bonchev–Trinajstić information content (AvgIpc) is 2.26. The Labute approximate surface area is 101 Å². The zero-order chi connectivity index (χ0) is 13.3. The Morgan fingerprint density at radius 1 is 1.18 bits per heavy atom. The third-order valence-electron chi connectivity index (χ3n) is 2.03. The lowest BCUT2D eigenvalue weighted by molar-refractivity contribution is -0.145. The van der Waals surface area contributed by atoms with Gasteiger partial charge in [0.25, 0.3) is 0 Å². The normalized spacial score (nSPS) is 9.59. The number of ether oxygens (including phenoxy) is 1. The highest BCUT2D eigenvalue weighted by molar-refractivity contribution is 5.86. The Balaban J connectivity index is 3.89. The molecule has 0 aliphatic heterocycles. The van der Waals surface area contributed by atoms with Gasteiger partial charge in [-0.3, -0.25) is 14.4 Å². The number of hydrogen-bond acceptors (Lipinski definition) is 4. The molecule has 17 heavy (non-hydrogen) atoms. The second-order valence-electron chi connectivity index (χ2n) is 3.51. The molecule has 0 unspecified atom stereocenters. The highest BCUT2D eigenvalue weighted by atomic mass is 16.5. The van der Waals surface area contributed by atoms with Gasteiger partial charge in [0.05, 0.1) is 19.6 Å². The zero-order valence-electron chi connectivity index (χ0n) is 10.6. The molecule has 6 nitrogen and oxygen atoms in total. The van der Waals surface area contributed by atoms with Crippen molar-refractivity contribution in [2.75, 3.05) is 26.7 Å². The number of esters is 1. The van der Waals surface area contributed by atoms with E-state index in [1.54, 1.807) is 13.8 Å². The van der Waals surface area contributed by atoms with Gasteiger partial charge in [-0.2, -0.15) is 0 Å². The summed E-state index contributed by atoms with van der Waals surface area (Å²) in [7, 11) is 1.53. The smallest absolute Gasteiger partial charge is 0.306 e. The summed E-state index contributed by atoms with van der Waals surface area (Å²) in [6, 6.07) is 0. The first-order valence-electron chi connectivity index (χ1n) is 5.67. The Hall–Kier alpha value is -1.59. The lowest BCUT2D eigenvalue weighted by Crippen LogP contribution is -2.38. The molecule has 0 aromatic carbocycles. The Kier molecular flexibility index (Phi) is 7.75. The first kappa shape index (κ1) is 15.4. The minimum atomic E-state index is -0.396. The molecule has 0 spiro atoms. The van der Waals surface area contributed by atoms with Crippen LogP contribution in [0.1, 0.15) is 26.7 Å². The molecular weight excluding hydrogens is 224 g/mol. The molecule has 0 fully saturated rings. The van der Waals surface area contributed by atoms with Crippen molar-refractivity contribution in [3.8, 4) is 0 Å². The number of nitrogens with zero attached hydrogens (tertiary/aromatic N) is 1. The van der Waals surface area contributed by atoms with Gasteiger partial charge in [-0.15, -0.1) is 0 Å². The van der Waals surface area contributed by atoms with Gasteiger partial charge < -0.3 is 15.0 Å². The van der Waals surface area contributed by atoms with E-state index < -0.39 is 5.97 Å². The summed E-state index contributed by atoms with van der Waals surface area (Å²) in [4.78, 5) is 35.0. The van der Waals surface area contributed by atoms with Gasteiger partial charge in [0, 0.05) is 20.0 Å². The van der Waals surface area contributed by atoms with Crippen molar-refractivity contribution in [3.63, 3.8) is 0 Å². The monoisotopic (exact) mass is 244 g/mol. The predicted octanol–water partition coefficient (Wildman–Crippen LogP) is -0.0758. The summed E-state index contributed by atoms with van der Waals surface area (Å²) in [6.45, 7) is 4.36. The topological polar surface area (TPSA) is 75.7 Å². The summed E-state index contributed by atoms with van der Waals surface area (Å²) in [5.74, 6) is -0.851. The van der Waals surface area contributed by atoms with E-state index in [1.807, 2.05) is 0 Å². The number of carbonyl (C=O) groups excluding carboxylic acids is 3. The number of likely N-dealkylation sites (N-methyl/N-ethyl adjacent to an activating group) is 2. The number of hydrogen-bond donors (Lipinski definition) is 1. The second-order valence-corrected chi connectivity index (χ2v) is 3.51. The SMILES string of the molecule is CCNC(=O)CN(C)C(=O)CCC(=O)OCC. The van der Waals surface area contributed by atoms with E-state index in [-0.39, 0.29) is 31.2 Å². The van der Waals surface area contributed by atoms with Gasteiger partial charge in [0.1, 0.15) is 0 Å². The molecule has 1 N–H and O–H groups in total. The largest absolute Gasteiger partial charge is 0.466 e. The fourth-order valence-electron chi connectivity index (χ4n) is 1.19. The molecule has 98 valence electrons. The molecule has 0 radical (unpaired) electrons. The molecule has 0 rings (SSSR count). The molecule has 0 aromatic heterocycles. The van der Waals surface area contributed by atoms with Gasteiger partial charge in [0.2, 0.25) is 11.8 Å². The van der Waals surface area contributed by atoms with Crippen LogP contribution in [-0.4, -0.2) is 49.4 Å². The molecule has 0 saturated heterocycles. The number of amides is 2. The van der Waals surface area contributed by atoms with E-state index in [1.165, 1.54) is 11.9 Å². The summed E-state index contributed by atoms with van der Waals surface area (Å²) in [5, 5.41) is 2.59. The van der Waals surface area contributed by atoms with Crippen LogP contribution in [0.25, 0.3) is 0 Å². The third-order valence-corrected chi connectivity index (χ3v) is 2.03. The molecule has 0 atom stereocenters. The summed E-state index contributed by atoms with van der Waals surface area (Å²) < 4.78 is 4.70. The summed E-state index contributed by atoms with van der Waals surface area (Å²) in [5.41, 5.74) is 0. The minimum absolute atomic E-state index is 0.00942. The molecular formula is C11H20N2O4. The van der Waals surface area contributed by atoms with Crippen molar-refractivity contribution in [1.29, 1.82) is 0 Å². The van der Waals surface area contributed by atoms with E-state index in [9.17, 15) is 14.4 Å². The van der Waals surface area contributed by atoms with Crippen molar-refractivity contribution in [3.05, 3.63) is 0 Å². The van der Waals surface area contributed by atoms with Crippen LogP contribution in [-0.2, 0) is 19.1 Å². The fraction of sp³-hybridized carbons (Fsp3) is 0.727. The Morgan fingerprint density at radius 3 is 2.35 bits per heavy atom. The number of carbonyl (C=O) groups is 3. The minimum Gasteiger partial charge on any atom is -0.466 e. The summed E-state index contributed by atoms with van der Waals surface area (Å²) >= 11 is 0. The van der Waals surface area contributed by atoms with Crippen LogP contribution in [0.15, 0.2) is 0 Å². The van der Waals surface area contributed by atoms with Gasteiger partial charge >= 0.3 is 5.97 Å². The second kappa shape index (κ2) is 8.55. The van der Waals surface area contributed by atoms with E-state index in [2.05, 4.69) is 5.32 Å². The van der Waals surface area contributed by atoms with Crippen LogP contribution in [0, 0.1) is 0 Å². The first-order chi connectivity index (χ1) is 8.01. The molecule has 0 aromatic rings. The maximum Gasteiger partial charge on any atom is 0.306 e. The molecule has 0 aliphatic carbocycles. The first-order valence-corrected chi connectivity index (χ1v) is 5.67. The van der Waals surface area contributed by atoms with Crippen LogP contribution in [0.2, 0.25) is 0 Å². The standard InChI is InChI=1S/C11H20N2O4/c1-4-12-9(14)8-13(3)10(15)6-7-11(16)17-5-2/h4-8H2,1-3H3,(H,12,14). The number of rotatable bonds is 7. The highest BCUT2D eigenvalue weighted by Gasteiger charge is 2.14. The molecule has 2 amide bonds. The van der Waals surface area contributed by atoms with Crippen molar-refractivity contribution in [2.45, 2.75) is 26.7 Å². The highest BCUT2D eigenvalue weighted by Crippen LogP contribution is 1.97. The maximum absolute atomic E-state index is 11.5. The van der Waals surface area contributed by atoms with Gasteiger partial charge in [0.15, 0.2) is 0 Å². The Bertz CT molecular complexity index is 279. The zero-order valence-corrected chi connectivity index (χ0v) is 10.6. The summed E-state index contributed by atoms with van der Waals surface area (Å²) in [6.07, 6.45) is 0.112. The molecule has 6 heteroatoms.